The first-order valence-electron chi connectivity index (χ1n) is 8.24. The van der Waals surface area contributed by atoms with E-state index in [0.717, 1.165) is 0 Å². The Bertz CT molecular complexity index is 773. The van der Waals surface area contributed by atoms with Gasteiger partial charge in [-0.25, -0.2) is 4.79 Å². The Balaban J connectivity index is 1.62. The minimum Gasteiger partial charge on any atom is -0.485 e. The summed E-state index contributed by atoms with van der Waals surface area (Å²) in [5.74, 6) is 0.103. The highest BCUT2D eigenvalue weighted by Crippen LogP contribution is 2.17. The number of benzene rings is 1. The Morgan fingerprint density at radius 3 is 2.77 bits per heavy atom. The molecule has 3 rings (SSSR count). The second-order valence-corrected chi connectivity index (χ2v) is 5.70. The number of hydrogen-bond acceptors (Lipinski definition) is 7. The molecule has 0 bridgehead atoms. The maximum Gasteiger partial charge on any atom is 0.328 e. The summed E-state index contributed by atoms with van der Waals surface area (Å²) in [7, 11) is 0. The molecule has 9 nitrogen and oxygen atoms in total. The van der Waals surface area contributed by atoms with Gasteiger partial charge in [-0.15, -0.1) is 0 Å². The van der Waals surface area contributed by atoms with Crippen LogP contribution in [0.4, 0.5) is 0 Å². The third kappa shape index (κ3) is 3.99. The molecule has 1 aromatic heterocycles. The summed E-state index contributed by atoms with van der Waals surface area (Å²) >= 11 is 0. The second kappa shape index (κ2) is 7.96. The van der Waals surface area contributed by atoms with Gasteiger partial charge >= 0.3 is 5.97 Å². The Morgan fingerprint density at radius 1 is 1.35 bits per heavy atom. The van der Waals surface area contributed by atoms with Crippen molar-refractivity contribution in [3.8, 4) is 5.75 Å². The molecule has 0 unspecified atom stereocenters. The molecule has 1 saturated heterocycles. The summed E-state index contributed by atoms with van der Waals surface area (Å²) in [5, 5.41) is 13.0. The minimum absolute atomic E-state index is 0.00723. The number of aliphatic carboxylic acids is 1. The van der Waals surface area contributed by atoms with Gasteiger partial charge in [-0.1, -0.05) is 12.1 Å². The molecule has 1 aliphatic rings. The zero-order chi connectivity index (χ0) is 18.5. The van der Waals surface area contributed by atoms with Crippen LogP contribution in [0.15, 0.2) is 28.8 Å². The van der Waals surface area contributed by atoms with Crippen LogP contribution in [-0.2, 0) is 22.6 Å². The lowest BCUT2D eigenvalue weighted by Crippen LogP contribution is -2.52. The number of carbonyl (C=O) groups is 2. The Morgan fingerprint density at radius 2 is 2.12 bits per heavy atom. The van der Waals surface area contributed by atoms with Crippen LogP contribution in [0.5, 0.6) is 5.75 Å². The van der Waals surface area contributed by atoms with E-state index in [1.54, 1.807) is 24.3 Å². The highest BCUT2D eigenvalue weighted by Gasteiger charge is 2.33. The van der Waals surface area contributed by atoms with E-state index < -0.39 is 12.0 Å². The van der Waals surface area contributed by atoms with Gasteiger partial charge in [-0.2, -0.15) is 4.98 Å². The van der Waals surface area contributed by atoms with Crippen molar-refractivity contribution >= 4 is 11.9 Å². The monoisotopic (exact) mass is 361 g/mol. The van der Waals surface area contributed by atoms with Gasteiger partial charge in [0, 0.05) is 18.5 Å². The van der Waals surface area contributed by atoms with E-state index in [1.165, 1.54) is 4.90 Å². The molecule has 1 aliphatic heterocycles. The molecule has 0 aliphatic carbocycles. The Kier molecular flexibility index (Phi) is 5.47. The van der Waals surface area contributed by atoms with Crippen LogP contribution in [0.3, 0.4) is 0 Å². The van der Waals surface area contributed by atoms with Crippen LogP contribution in [0, 0.1) is 0 Å². The summed E-state index contributed by atoms with van der Waals surface area (Å²) in [6.07, 6.45) is 0.655. The van der Waals surface area contributed by atoms with Crippen molar-refractivity contribution in [2.45, 2.75) is 26.0 Å². The predicted molar refractivity (Wildman–Crippen MR) is 87.7 cm³/mol. The number of aryl methyl sites for hydroxylation is 1. The van der Waals surface area contributed by atoms with Crippen molar-refractivity contribution in [2.75, 3.05) is 19.8 Å². The lowest BCUT2D eigenvalue weighted by atomic mass is 10.1. The maximum atomic E-state index is 12.6. The van der Waals surface area contributed by atoms with E-state index in [4.69, 9.17) is 14.0 Å². The molecule has 0 saturated carbocycles. The van der Waals surface area contributed by atoms with Gasteiger partial charge in [0.15, 0.2) is 12.6 Å². The molecular formula is C17H19N3O6. The van der Waals surface area contributed by atoms with E-state index in [-0.39, 0.29) is 25.7 Å². The summed E-state index contributed by atoms with van der Waals surface area (Å²) < 4.78 is 15.7. The van der Waals surface area contributed by atoms with Crippen molar-refractivity contribution < 1.29 is 28.7 Å². The number of aromatic nitrogens is 2. The molecule has 0 radical (unpaired) electrons. The molecular weight excluding hydrogens is 342 g/mol. The van der Waals surface area contributed by atoms with E-state index in [0.29, 0.717) is 36.1 Å². The van der Waals surface area contributed by atoms with Crippen molar-refractivity contribution in [2.24, 2.45) is 0 Å². The van der Waals surface area contributed by atoms with Crippen LogP contribution in [0.25, 0.3) is 0 Å². The maximum absolute atomic E-state index is 12.6. The smallest absolute Gasteiger partial charge is 0.328 e. The number of rotatable bonds is 6. The number of morpholine rings is 1. The van der Waals surface area contributed by atoms with E-state index in [2.05, 4.69) is 10.1 Å². The predicted octanol–water partition coefficient (Wildman–Crippen LogP) is 1.14. The number of carboxylic acid groups (broad SMARTS) is 1. The molecule has 1 atom stereocenters. The van der Waals surface area contributed by atoms with Gasteiger partial charge < -0.3 is 24.0 Å². The zero-order valence-corrected chi connectivity index (χ0v) is 14.3. The highest BCUT2D eigenvalue weighted by atomic mass is 16.5. The molecule has 2 heterocycles. The lowest BCUT2D eigenvalue weighted by Gasteiger charge is -2.32. The zero-order valence-electron chi connectivity index (χ0n) is 14.3. The summed E-state index contributed by atoms with van der Waals surface area (Å²) in [4.78, 5) is 29.3. The van der Waals surface area contributed by atoms with Crippen LogP contribution in [0.2, 0.25) is 0 Å². The Labute approximate surface area is 149 Å². The van der Waals surface area contributed by atoms with E-state index in [1.807, 2.05) is 6.92 Å². The van der Waals surface area contributed by atoms with Crippen LogP contribution >= 0.6 is 0 Å². The first kappa shape index (κ1) is 17.9. The fourth-order valence-electron chi connectivity index (χ4n) is 2.55. The van der Waals surface area contributed by atoms with Crippen molar-refractivity contribution in [1.82, 2.24) is 15.0 Å². The fraction of sp³-hybridized carbons (Fsp3) is 0.412. The van der Waals surface area contributed by atoms with Crippen LogP contribution in [-0.4, -0.2) is 57.8 Å². The largest absolute Gasteiger partial charge is 0.485 e. The van der Waals surface area contributed by atoms with Gasteiger partial charge in [0.05, 0.1) is 13.2 Å². The molecule has 1 N–H and O–H groups in total. The van der Waals surface area contributed by atoms with Gasteiger partial charge in [-0.05, 0) is 24.3 Å². The minimum atomic E-state index is -1.08. The molecule has 138 valence electrons. The van der Waals surface area contributed by atoms with E-state index in [9.17, 15) is 14.7 Å². The number of carboxylic acids is 1. The second-order valence-electron chi connectivity index (χ2n) is 5.70. The normalized spacial score (nSPS) is 17.1. The standard InChI is InChI=1S/C17H19N3O6/c1-2-15-18-14(19-26-15)10-25-12-5-3-11(4-6-12)16(21)20-7-8-24-9-13(20)17(22)23/h3-6,13H,2,7-10H2,1H3,(H,22,23)/t13-/m1/s1. The van der Waals surface area contributed by atoms with E-state index >= 15 is 0 Å². The van der Waals surface area contributed by atoms with Gasteiger partial charge in [-0.3, -0.25) is 4.79 Å². The number of nitrogens with zero attached hydrogens (tertiary/aromatic N) is 3. The van der Waals surface area contributed by atoms with Crippen molar-refractivity contribution in [3.05, 3.63) is 41.5 Å². The Hall–Kier alpha value is -2.94. The molecule has 9 heteroatoms. The quantitative estimate of drug-likeness (QED) is 0.814. The third-order valence-corrected chi connectivity index (χ3v) is 3.96. The summed E-state index contributed by atoms with van der Waals surface area (Å²) in [6, 6.07) is 5.51. The topological polar surface area (TPSA) is 115 Å². The van der Waals surface area contributed by atoms with Crippen molar-refractivity contribution in [3.63, 3.8) is 0 Å². The summed E-state index contributed by atoms with van der Waals surface area (Å²) in [5.41, 5.74) is 0.387. The van der Waals surface area contributed by atoms with Gasteiger partial charge in [0.25, 0.3) is 5.91 Å². The van der Waals surface area contributed by atoms with Crippen LogP contribution < -0.4 is 4.74 Å². The fourth-order valence-corrected chi connectivity index (χ4v) is 2.55. The van der Waals surface area contributed by atoms with Crippen LogP contribution in [0.1, 0.15) is 29.0 Å². The highest BCUT2D eigenvalue weighted by molar-refractivity contribution is 5.96. The first-order valence-corrected chi connectivity index (χ1v) is 8.24. The molecule has 0 spiro atoms. The summed E-state index contributed by atoms with van der Waals surface area (Å²) in [6.45, 7) is 2.62. The first-order chi connectivity index (χ1) is 12.6. The number of carbonyl (C=O) groups excluding carboxylic acids is 1. The average molecular weight is 361 g/mol. The molecule has 1 fully saturated rings. The molecule has 26 heavy (non-hydrogen) atoms. The molecule has 1 aromatic carbocycles. The SMILES string of the molecule is CCc1nc(COc2ccc(C(=O)N3CCOC[C@@H]3C(=O)O)cc2)no1. The third-order valence-electron chi connectivity index (χ3n) is 3.96. The molecule has 1 amide bonds. The number of hydrogen-bond donors (Lipinski definition) is 1. The number of amides is 1. The van der Waals surface area contributed by atoms with Gasteiger partial charge in [0.2, 0.25) is 11.7 Å². The average Bonchev–Trinajstić information content (AvgIpc) is 3.14. The molecule has 2 aromatic rings. The number of ether oxygens (including phenoxy) is 2. The van der Waals surface area contributed by atoms with Gasteiger partial charge in [0.1, 0.15) is 5.75 Å². The van der Waals surface area contributed by atoms with Crippen molar-refractivity contribution in [1.29, 1.82) is 0 Å². The lowest BCUT2D eigenvalue weighted by molar-refractivity contribution is -0.147.